The fraction of sp³-hybridized carbons (Fsp3) is 0.294. The average molecular weight is 226 g/mol. The van der Waals surface area contributed by atoms with E-state index in [1.165, 1.54) is 29.5 Å². The minimum Gasteiger partial charge on any atom is -0.0651 e. The van der Waals surface area contributed by atoms with Crippen LogP contribution >= 0.6 is 0 Å². The average Bonchev–Trinajstić information content (AvgIpc) is 2.34. The number of aryl methyl sites for hydroxylation is 3. The lowest BCUT2D eigenvalue weighted by Crippen LogP contribution is -1.81. The fourth-order valence-electron chi connectivity index (χ4n) is 1.58. The van der Waals surface area contributed by atoms with E-state index in [0.717, 1.165) is 0 Å². The van der Waals surface area contributed by atoms with E-state index >= 15 is 0 Å². The van der Waals surface area contributed by atoms with Crippen molar-refractivity contribution in [3.8, 4) is 0 Å². The van der Waals surface area contributed by atoms with Crippen LogP contribution in [0, 0.1) is 13.8 Å². The first-order chi connectivity index (χ1) is 8.22. The standard InChI is InChI=1S/C10H14.C7H8/c1-3-4-10-7-5-9(2)6-8-10;1-7-5-3-2-4-6-7/h5-8H,3-4H2,1-2H3;2-6H,1H3. The monoisotopic (exact) mass is 226 g/mol. The third kappa shape index (κ3) is 5.91. The molecule has 2 aromatic carbocycles. The molecule has 0 aliphatic carbocycles. The Morgan fingerprint density at radius 2 is 1.24 bits per heavy atom. The highest BCUT2D eigenvalue weighted by Crippen LogP contribution is 2.04. The van der Waals surface area contributed by atoms with E-state index < -0.39 is 0 Å². The zero-order valence-electron chi connectivity index (χ0n) is 11.1. The van der Waals surface area contributed by atoms with E-state index in [-0.39, 0.29) is 0 Å². The smallest absolute Gasteiger partial charge is 0.0281 e. The van der Waals surface area contributed by atoms with E-state index in [2.05, 4.69) is 57.2 Å². The Morgan fingerprint density at radius 3 is 1.65 bits per heavy atom. The van der Waals surface area contributed by atoms with Crippen molar-refractivity contribution in [1.82, 2.24) is 0 Å². The molecule has 0 aliphatic rings. The molecule has 0 radical (unpaired) electrons. The summed E-state index contributed by atoms with van der Waals surface area (Å²) in [6.07, 6.45) is 2.45. The van der Waals surface area contributed by atoms with E-state index in [9.17, 15) is 0 Å². The lowest BCUT2D eigenvalue weighted by Gasteiger charge is -1.97. The molecule has 2 rings (SSSR count). The molecule has 0 fully saturated rings. The van der Waals surface area contributed by atoms with Gasteiger partial charge in [-0.15, -0.1) is 0 Å². The minimum atomic E-state index is 1.21. The van der Waals surface area contributed by atoms with Gasteiger partial charge in [0.25, 0.3) is 0 Å². The highest BCUT2D eigenvalue weighted by molar-refractivity contribution is 5.21. The summed E-state index contributed by atoms with van der Waals surface area (Å²) < 4.78 is 0. The van der Waals surface area contributed by atoms with E-state index in [0.29, 0.717) is 0 Å². The second-order valence-electron chi connectivity index (χ2n) is 4.39. The maximum atomic E-state index is 2.21. The van der Waals surface area contributed by atoms with Gasteiger partial charge in [0, 0.05) is 0 Å². The highest BCUT2D eigenvalue weighted by atomic mass is 13.9. The predicted molar refractivity (Wildman–Crippen MR) is 76.4 cm³/mol. The van der Waals surface area contributed by atoms with Gasteiger partial charge in [0.2, 0.25) is 0 Å². The van der Waals surface area contributed by atoms with Crippen molar-refractivity contribution >= 4 is 0 Å². The Morgan fingerprint density at radius 1 is 0.706 bits per heavy atom. The summed E-state index contributed by atoms with van der Waals surface area (Å²) in [6, 6.07) is 19.0. The summed E-state index contributed by atoms with van der Waals surface area (Å²) in [5.74, 6) is 0. The Labute approximate surface area is 105 Å². The van der Waals surface area contributed by atoms with Crippen LogP contribution in [0.15, 0.2) is 54.6 Å². The second-order valence-corrected chi connectivity index (χ2v) is 4.39. The summed E-state index contributed by atoms with van der Waals surface area (Å²) in [5, 5.41) is 0. The first-order valence-electron chi connectivity index (χ1n) is 6.29. The van der Waals surface area contributed by atoms with E-state index in [1.807, 2.05) is 18.2 Å². The molecule has 90 valence electrons. The van der Waals surface area contributed by atoms with Gasteiger partial charge in [-0.1, -0.05) is 79.1 Å². The largest absolute Gasteiger partial charge is 0.0651 e. The molecule has 0 atom stereocenters. The molecule has 0 nitrogen and oxygen atoms in total. The Kier molecular flexibility index (Phi) is 6.09. The van der Waals surface area contributed by atoms with E-state index in [4.69, 9.17) is 0 Å². The third-order valence-corrected chi connectivity index (χ3v) is 2.60. The molecule has 0 spiro atoms. The lowest BCUT2D eigenvalue weighted by molar-refractivity contribution is 0.921. The van der Waals surface area contributed by atoms with Crippen LogP contribution in [-0.2, 0) is 6.42 Å². The van der Waals surface area contributed by atoms with Crippen LogP contribution in [0.2, 0.25) is 0 Å². The molecule has 0 saturated heterocycles. The first-order valence-corrected chi connectivity index (χ1v) is 6.29. The molecular weight excluding hydrogens is 204 g/mol. The van der Waals surface area contributed by atoms with Gasteiger partial charge in [0.05, 0.1) is 0 Å². The molecule has 0 saturated carbocycles. The lowest BCUT2D eigenvalue weighted by atomic mass is 10.1. The number of hydrogen-bond donors (Lipinski definition) is 0. The van der Waals surface area contributed by atoms with E-state index in [1.54, 1.807) is 0 Å². The summed E-state index contributed by atoms with van der Waals surface area (Å²) in [7, 11) is 0. The molecule has 0 unspecified atom stereocenters. The topological polar surface area (TPSA) is 0 Å². The Bertz CT molecular complexity index is 398. The van der Waals surface area contributed by atoms with Crippen molar-refractivity contribution in [3.63, 3.8) is 0 Å². The summed E-state index contributed by atoms with van der Waals surface area (Å²) in [6.45, 7) is 6.41. The van der Waals surface area contributed by atoms with Crippen LogP contribution in [-0.4, -0.2) is 0 Å². The van der Waals surface area contributed by atoms with Crippen LogP contribution in [0.1, 0.15) is 30.0 Å². The van der Waals surface area contributed by atoms with Crippen molar-refractivity contribution in [3.05, 3.63) is 71.3 Å². The van der Waals surface area contributed by atoms with Crippen LogP contribution in [0.5, 0.6) is 0 Å². The number of rotatable bonds is 2. The van der Waals surface area contributed by atoms with Crippen molar-refractivity contribution in [1.29, 1.82) is 0 Å². The quantitative estimate of drug-likeness (QED) is 0.680. The molecular formula is C17H22. The summed E-state index contributed by atoms with van der Waals surface area (Å²) in [4.78, 5) is 0. The zero-order valence-corrected chi connectivity index (χ0v) is 11.1. The van der Waals surface area contributed by atoms with Crippen LogP contribution < -0.4 is 0 Å². The van der Waals surface area contributed by atoms with Gasteiger partial charge in [-0.2, -0.15) is 0 Å². The van der Waals surface area contributed by atoms with Crippen molar-refractivity contribution in [2.45, 2.75) is 33.6 Å². The summed E-state index contributed by atoms with van der Waals surface area (Å²) >= 11 is 0. The maximum Gasteiger partial charge on any atom is -0.0281 e. The normalized spacial score (nSPS) is 9.35. The van der Waals surface area contributed by atoms with Gasteiger partial charge < -0.3 is 0 Å². The van der Waals surface area contributed by atoms with Gasteiger partial charge in [-0.05, 0) is 25.8 Å². The number of hydrogen-bond acceptors (Lipinski definition) is 0. The van der Waals surface area contributed by atoms with Gasteiger partial charge in [0.15, 0.2) is 0 Å². The predicted octanol–water partition coefficient (Wildman–Crippen LogP) is 4.94. The molecule has 0 heterocycles. The molecule has 17 heavy (non-hydrogen) atoms. The highest BCUT2D eigenvalue weighted by Gasteiger charge is 1.88. The fourth-order valence-corrected chi connectivity index (χ4v) is 1.58. The SMILES string of the molecule is CCCc1ccc(C)cc1.Cc1ccccc1. The van der Waals surface area contributed by atoms with Crippen LogP contribution in [0.4, 0.5) is 0 Å². The molecule has 0 heteroatoms. The van der Waals surface area contributed by atoms with Crippen LogP contribution in [0.25, 0.3) is 0 Å². The van der Waals surface area contributed by atoms with Crippen LogP contribution in [0.3, 0.4) is 0 Å². The summed E-state index contributed by atoms with van der Waals surface area (Å²) in [5.41, 5.74) is 4.12. The second kappa shape index (κ2) is 7.67. The molecule has 0 bridgehead atoms. The van der Waals surface area contributed by atoms with Gasteiger partial charge in [-0.3, -0.25) is 0 Å². The van der Waals surface area contributed by atoms with Crippen molar-refractivity contribution in [2.75, 3.05) is 0 Å². The molecule has 0 N–H and O–H groups in total. The Balaban J connectivity index is 0.000000181. The third-order valence-electron chi connectivity index (χ3n) is 2.60. The van der Waals surface area contributed by atoms with Gasteiger partial charge in [0.1, 0.15) is 0 Å². The van der Waals surface area contributed by atoms with Crippen molar-refractivity contribution in [2.24, 2.45) is 0 Å². The Hall–Kier alpha value is -1.56. The maximum absolute atomic E-state index is 2.21. The minimum absolute atomic E-state index is 1.21. The first kappa shape index (κ1) is 13.5. The van der Waals surface area contributed by atoms with Gasteiger partial charge in [-0.25, -0.2) is 0 Å². The molecule has 0 amide bonds. The molecule has 2 aromatic rings. The molecule has 0 aliphatic heterocycles. The van der Waals surface area contributed by atoms with Gasteiger partial charge >= 0.3 is 0 Å². The number of benzene rings is 2. The van der Waals surface area contributed by atoms with Crippen molar-refractivity contribution < 1.29 is 0 Å². The zero-order chi connectivity index (χ0) is 12.5. The molecule has 0 aromatic heterocycles.